The van der Waals surface area contributed by atoms with Crippen molar-refractivity contribution >= 4 is 9.84 Å². The minimum absolute atomic E-state index is 0.0699. The quantitative estimate of drug-likeness (QED) is 0.793. The third-order valence-corrected chi connectivity index (χ3v) is 4.94. The molecular weight excluding hydrogens is 296 g/mol. The van der Waals surface area contributed by atoms with E-state index in [1.165, 1.54) is 6.92 Å². The summed E-state index contributed by atoms with van der Waals surface area (Å²) in [4.78, 5) is 8.12. The van der Waals surface area contributed by atoms with Crippen LogP contribution in [0.1, 0.15) is 62.3 Å². The van der Waals surface area contributed by atoms with Crippen molar-refractivity contribution in [1.82, 2.24) is 20.3 Å². The lowest BCUT2D eigenvalue weighted by molar-refractivity contribution is 0.367. The highest BCUT2D eigenvalue weighted by atomic mass is 32.2. The van der Waals surface area contributed by atoms with Crippen LogP contribution in [0.25, 0.3) is 0 Å². The van der Waals surface area contributed by atoms with Crippen LogP contribution in [0, 0.1) is 0 Å². The molecule has 9 heteroatoms. The van der Waals surface area contributed by atoms with Crippen LogP contribution in [-0.2, 0) is 22.0 Å². The second-order valence-corrected chi connectivity index (χ2v) is 7.37. The molecule has 0 bridgehead atoms. The second-order valence-electron chi connectivity index (χ2n) is 5.05. The molecule has 2 heterocycles. The van der Waals surface area contributed by atoms with Gasteiger partial charge in [0, 0.05) is 12.3 Å². The predicted molar refractivity (Wildman–Crippen MR) is 73.1 cm³/mol. The first-order chi connectivity index (χ1) is 9.83. The topological polar surface area (TPSA) is 112 Å². The average molecular weight is 314 g/mol. The first kappa shape index (κ1) is 15.6. The molecule has 2 rings (SSSR count). The normalized spacial score (nSPS) is 13.8. The molecule has 1 atom stereocenters. The lowest BCUT2D eigenvalue weighted by atomic mass is 10.2. The Morgan fingerprint density at radius 2 is 1.81 bits per heavy atom. The molecule has 116 valence electrons. The number of aryl methyl sites for hydroxylation is 1. The van der Waals surface area contributed by atoms with E-state index < -0.39 is 15.1 Å². The van der Waals surface area contributed by atoms with Gasteiger partial charge in [-0.05, 0) is 6.92 Å². The van der Waals surface area contributed by atoms with Crippen LogP contribution in [0.4, 0.5) is 0 Å². The summed E-state index contributed by atoms with van der Waals surface area (Å²) in [7, 11) is -3.57. The Hall–Kier alpha value is -1.77. The summed E-state index contributed by atoms with van der Waals surface area (Å²) >= 11 is 0. The van der Waals surface area contributed by atoms with E-state index >= 15 is 0 Å². The summed E-state index contributed by atoms with van der Waals surface area (Å²) in [6, 6.07) is 0. The zero-order chi connectivity index (χ0) is 15.6. The van der Waals surface area contributed by atoms with Crippen molar-refractivity contribution < 1.29 is 17.5 Å². The molecule has 0 radical (unpaired) electrons. The number of hydrogen-bond acceptors (Lipinski definition) is 8. The molecule has 0 aliphatic rings. The van der Waals surface area contributed by atoms with Crippen molar-refractivity contribution in [3.05, 3.63) is 23.4 Å². The monoisotopic (exact) mass is 314 g/mol. The lowest BCUT2D eigenvalue weighted by Gasteiger charge is -2.06. The molecule has 8 nitrogen and oxygen atoms in total. The van der Waals surface area contributed by atoms with Gasteiger partial charge in [0.15, 0.2) is 21.5 Å². The zero-order valence-corrected chi connectivity index (χ0v) is 13.2. The Kier molecular flexibility index (Phi) is 4.40. The number of sulfone groups is 1. The first-order valence-electron chi connectivity index (χ1n) is 6.70. The third-order valence-electron chi connectivity index (χ3n) is 3.01. The van der Waals surface area contributed by atoms with Gasteiger partial charge < -0.3 is 9.05 Å². The summed E-state index contributed by atoms with van der Waals surface area (Å²) in [6.45, 7) is 7.17. The highest BCUT2D eigenvalue weighted by molar-refractivity contribution is 7.90. The van der Waals surface area contributed by atoms with E-state index in [2.05, 4.69) is 20.3 Å². The Bertz CT molecular complexity index is 704. The lowest BCUT2D eigenvalue weighted by Crippen LogP contribution is -2.13. The maximum absolute atomic E-state index is 12.3. The van der Waals surface area contributed by atoms with Gasteiger partial charge in [-0.15, -0.1) is 0 Å². The number of nitrogens with zero attached hydrogens (tertiary/aromatic N) is 4. The molecule has 0 aromatic carbocycles. The minimum Gasteiger partial charge on any atom is -0.338 e. The van der Waals surface area contributed by atoms with E-state index in [1.807, 2.05) is 20.8 Å². The van der Waals surface area contributed by atoms with Crippen LogP contribution < -0.4 is 0 Å². The number of rotatable bonds is 6. The van der Waals surface area contributed by atoms with E-state index in [-0.39, 0.29) is 23.5 Å². The molecule has 0 aliphatic carbocycles. The maximum atomic E-state index is 12.3. The standard InChI is InChI=1S/C12H18N4O4S/c1-5-9-13-10(19-15-9)6-21(17,18)8(4)12-14-11(7(2)3)16-20-12/h7-8H,5-6H2,1-4H3/t8-/m1/s1. The predicted octanol–water partition coefficient (Wildman–Crippen LogP) is 1.81. The van der Waals surface area contributed by atoms with Crippen molar-refractivity contribution in [3.8, 4) is 0 Å². The first-order valence-corrected chi connectivity index (χ1v) is 8.41. The van der Waals surface area contributed by atoms with Gasteiger partial charge in [0.2, 0.25) is 11.8 Å². The van der Waals surface area contributed by atoms with Crippen molar-refractivity contribution in [2.24, 2.45) is 0 Å². The molecule has 0 fully saturated rings. The summed E-state index contributed by atoms with van der Waals surface area (Å²) < 4.78 is 34.6. The smallest absolute Gasteiger partial charge is 0.244 e. The highest BCUT2D eigenvalue weighted by Gasteiger charge is 2.30. The van der Waals surface area contributed by atoms with Gasteiger partial charge in [-0.25, -0.2) is 8.42 Å². The molecular formula is C12H18N4O4S. The van der Waals surface area contributed by atoms with Crippen LogP contribution in [0.2, 0.25) is 0 Å². The van der Waals surface area contributed by atoms with Gasteiger partial charge in [-0.3, -0.25) is 0 Å². The van der Waals surface area contributed by atoms with E-state index in [1.54, 1.807) is 0 Å². The molecule has 0 aliphatic heterocycles. The summed E-state index contributed by atoms with van der Waals surface area (Å²) in [6.07, 6.45) is 0.584. The maximum Gasteiger partial charge on any atom is 0.244 e. The van der Waals surface area contributed by atoms with E-state index in [0.717, 1.165) is 0 Å². The molecule has 0 saturated heterocycles. The van der Waals surface area contributed by atoms with Gasteiger partial charge in [-0.1, -0.05) is 31.1 Å². The Balaban J connectivity index is 2.17. The molecule has 0 N–H and O–H groups in total. The fourth-order valence-electron chi connectivity index (χ4n) is 1.59. The van der Waals surface area contributed by atoms with Crippen molar-refractivity contribution in [2.75, 3.05) is 0 Å². The summed E-state index contributed by atoms with van der Waals surface area (Å²) in [5, 5.41) is 6.53. The van der Waals surface area contributed by atoms with Crippen LogP contribution >= 0.6 is 0 Å². The van der Waals surface area contributed by atoms with Crippen molar-refractivity contribution in [1.29, 1.82) is 0 Å². The SMILES string of the molecule is CCc1noc(CS(=O)(=O)[C@H](C)c2nc(C(C)C)no2)n1. The van der Waals surface area contributed by atoms with Gasteiger partial charge >= 0.3 is 0 Å². The molecule has 0 saturated carbocycles. The number of hydrogen-bond donors (Lipinski definition) is 0. The van der Waals surface area contributed by atoms with Crippen LogP contribution in [0.5, 0.6) is 0 Å². The molecule has 0 spiro atoms. The van der Waals surface area contributed by atoms with E-state index in [9.17, 15) is 8.42 Å². The van der Waals surface area contributed by atoms with E-state index in [4.69, 9.17) is 9.05 Å². The summed E-state index contributed by atoms with van der Waals surface area (Å²) in [5.74, 6) is 0.836. The minimum atomic E-state index is -3.57. The summed E-state index contributed by atoms with van der Waals surface area (Å²) in [5.41, 5.74) is 0. The fraction of sp³-hybridized carbons (Fsp3) is 0.667. The Morgan fingerprint density at radius 1 is 1.10 bits per heavy atom. The fourth-order valence-corrected chi connectivity index (χ4v) is 2.70. The van der Waals surface area contributed by atoms with Gasteiger partial charge in [-0.2, -0.15) is 9.97 Å². The average Bonchev–Trinajstić information content (AvgIpc) is 3.05. The molecule has 2 aromatic rings. The molecule has 0 amide bonds. The van der Waals surface area contributed by atoms with Gasteiger partial charge in [0.25, 0.3) is 0 Å². The van der Waals surface area contributed by atoms with E-state index in [0.29, 0.717) is 18.1 Å². The van der Waals surface area contributed by atoms with Crippen LogP contribution in [0.3, 0.4) is 0 Å². The van der Waals surface area contributed by atoms with Crippen molar-refractivity contribution in [3.63, 3.8) is 0 Å². The van der Waals surface area contributed by atoms with Crippen molar-refractivity contribution in [2.45, 2.75) is 51.0 Å². The van der Waals surface area contributed by atoms with Gasteiger partial charge in [0.05, 0.1) is 0 Å². The second kappa shape index (κ2) is 5.92. The zero-order valence-electron chi connectivity index (χ0n) is 12.4. The van der Waals surface area contributed by atoms with Crippen LogP contribution in [-0.4, -0.2) is 28.7 Å². The highest BCUT2D eigenvalue weighted by Crippen LogP contribution is 2.24. The Labute approximate surface area is 122 Å². The van der Waals surface area contributed by atoms with Gasteiger partial charge in [0.1, 0.15) is 11.0 Å². The largest absolute Gasteiger partial charge is 0.338 e. The van der Waals surface area contributed by atoms with Crippen LogP contribution in [0.15, 0.2) is 9.05 Å². The Morgan fingerprint density at radius 3 is 2.33 bits per heavy atom. The molecule has 21 heavy (non-hydrogen) atoms. The third kappa shape index (κ3) is 3.46. The molecule has 0 unspecified atom stereocenters. The molecule has 2 aromatic heterocycles. The number of aromatic nitrogens is 4.